The van der Waals surface area contributed by atoms with Gasteiger partial charge in [0.1, 0.15) is 12.1 Å². The summed E-state index contributed by atoms with van der Waals surface area (Å²) in [6.07, 6.45) is 0.696. The summed E-state index contributed by atoms with van der Waals surface area (Å²) in [4.78, 5) is 15.0. The Morgan fingerprint density at radius 3 is 3.12 bits per heavy atom. The number of aliphatic hydroxyl groups excluding tert-OH is 1. The van der Waals surface area contributed by atoms with Gasteiger partial charge in [0.05, 0.1) is 0 Å². The van der Waals surface area contributed by atoms with Crippen LogP contribution < -0.4 is 5.32 Å². The summed E-state index contributed by atoms with van der Waals surface area (Å²) in [6, 6.07) is 5.77. The molecule has 0 atom stereocenters. The number of rotatable bonds is 4. The number of carbonyl (C=O) groups excluding carboxylic acids is 1. The van der Waals surface area contributed by atoms with Crippen molar-refractivity contribution in [1.29, 1.82) is 0 Å². The van der Waals surface area contributed by atoms with E-state index < -0.39 is 6.61 Å². The van der Waals surface area contributed by atoms with Gasteiger partial charge in [-0.15, -0.1) is 0 Å². The SMILES string of the molecule is Cc1nc2ccc(CCNC(=O)CO)cc2o1. The van der Waals surface area contributed by atoms with Crippen LogP contribution in [0.2, 0.25) is 0 Å². The Hall–Kier alpha value is -1.88. The lowest BCUT2D eigenvalue weighted by atomic mass is 10.1. The van der Waals surface area contributed by atoms with Crippen LogP contribution in [0.1, 0.15) is 11.5 Å². The van der Waals surface area contributed by atoms with Crippen LogP contribution in [0.25, 0.3) is 11.1 Å². The highest BCUT2D eigenvalue weighted by molar-refractivity contribution is 5.77. The summed E-state index contributed by atoms with van der Waals surface area (Å²) in [6.45, 7) is 1.83. The molecule has 0 saturated carbocycles. The van der Waals surface area contributed by atoms with Crippen molar-refractivity contribution >= 4 is 17.0 Å². The first-order chi connectivity index (χ1) is 8.19. The maximum absolute atomic E-state index is 10.8. The highest BCUT2D eigenvalue weighted by Crippen LogP contribution is 2.16. The lowest BCUT2D eigenvalue weighted by Crippen LogP contribution is -2.28. The number of hydrogen-bond donors (Lipinski definition) is 2. The van der Waals surface area contributed by atoms with Crippen LogP contribution in [0.15, 0.2) is 22.6 Å². The number of fused-ring (bicyclic) bond motifs is 1. The van der Waals surface area contributed by atoms with Gasteiger partial charge in [0.2, 0.25) is 5.91 Å². The summed E-state index contributed by atoms with van der Waals surface area (Å²) < 4.78 is 5.42. The molecule has 5 heteroatoms. The quantitative estimate of drug-likeness (QED) is 0.820. The van der Waals surface area contributed by atoms with Crippen molar-refractivity contribution < 1.29 is 14.3 Å². The molecule has 0 radical (unpaired) electrons. The molecule has 2 aromatic rings. The van der Waals surface area contributed by atoms with Gasteiger partial charge >= 0.3 is 0 Å². The fourth-order valence-electron chi connectivity index (χ4n) is 1.64. The normalized spacial score (nSPS) is 10.7. The van der Waals surface area contributed by atoms with Crippen molar-refractivity contribution in [3.05, 3.63) is 29.7 Å². The van der Waals surface area contributed by atoms with Crippen molar-refractivity contribution in [2.24, 2.45) is 0 Å². The van der Waals surface area contributed by atoms with Crippen LogP contribution in [0.3, 0.4) is 0 Å². The molecule has 0 bridgehead atoms. The Morgan fingerprint density at radius 2 is 2.35 bits per heavy atom. The van der Waals surface area contributed by atoms with E-state index in [1.165, 1.54) is 0 Å². The third-order valence-corrected chi connectivity index (χ3v) is 2.44. The molecule has 0 fully saturated rings. The molecule has 90 valence electrons. The van der Waals surface area contributed by atoms with Crippen molar-refractivity contribution in [1.82, 2.24) is 10.3 Å². The molecule has 1 aromatic carbocycles. The van der Waals surface area contributed by atoms with Gasteiger partial charge in [-0.25, -0.2) is 4.98 Å². The highest BCUT2D eigenvalue weighted by atomic mass is 16.3. The van der Waals surface area contributed by atoms with Crippen molar-refractivity contribution in [3.8, 4) is 0 Å². The number of nitrogens with zero attached hydrogens (tertiary/aromatic N) is 1. The van der Waals surface area contributed by atoms with Gasteiger partial charge in [-0.05, 0) is 24.1 Å². The van der Waals surface area contributed by atoms with Crippen LogP contribution in [0.5, 0.6) is 0 Å². The molecule has 0 unspecified atom stereocenters. The molecule has 2 N–H and O–H groups in total. The zero-order chi connectivity index (χ0) is 12.3. The molecule has 0 spiro atoms. The highest BCUT2D eigenvalue weighted by Gasteiger charge is 2.03. The van der Waals surface area contributed by atoms with E-state index in [1.54, 1.807) is 6.92 Å². The van der Waals surface area contributed by atoms with Crippen LogP contribution >= 0.6 is 0 Å². The van der Waals surface area contributed by atoms with E-state index in [9.17, 15) is 4.79 Å². The monoisotopic (exact) mass is 234 g/mol. The molecule has 17 heavy (non-hydrogen) atoms. The second-order valence-corrected chi connectivity index (χ2v) is 3.79. The average Bonchev–Trinajstić information content (AvgIpc) is 2.68. The lowest BCUT2D eigenvalue weighted by molar-refractivity contribution is -0.123. The molecular formula is C12H14N2O3. The van der Waals surface area contributed by atoms with Crippen molar-refractivity contribution in [3.63, 3.8) is 0 Å². The summed E-state index contributed by atoms with van der Waals surface area (Å²) in [5, 5.41) is 11.1. The molecule has 2 rings (SSSR count). The van der Waals surface area contributed by atoms with E-state index in [-0.39, 0.29) is 5.91 Å². The number of carbonyl (C=O) groups is 1. The van der Waals surface area contributed by atoms with Crippen LogP contribution in [0.4, 0.5) is 0 Å². The molecule has 0 aliphatic rings. The van der Waals surface area contributed by atoms with Crippen molar-refractivity contribution in [2.75, 3.05) is 13.2 Å². The fourth-order valence-corrected chi connectivity index (χ4v) is 1.64. The van der Waals surface area contributed by atoms with Crippen molar-refractivity contribution in [2.45, 2.75) is 13.3 Å². The van der Waals surface area contributed by atoms with E-state index in [0.717, 1.165) is 16.7 Å². The number of hydrogen-bond acceptors (Lipinski definition) is 4. The largest absolute Gasteiger partial charge is 0.441 e. The minimum absolute atomic E-state index is 0.360. The number of aryl methyl sites for hydroxylation is 1. The number of aromatic nitrogens is 1. The van der Waals surface area contributed by atoms with Gasteiger partial charge in [-0.3, -0.25) is 4.79 Å². The number of nitrogens with one attached hydrogen (secondary N) is 1. The standard InChI is InChI=1S/C12H14N2O3/c1-8-14-10-3-2-9(6-11(10)17-8)4-5-13-12(16)7-15/h2-3,6,15H,4-5,7H2,1H3,(H,13,16). The maximum atomic E-state index is 10.8. The molecule has 1 heterocycles. The smallest absolute Gasteiger partial charge is 0.245 e. The topological polar surface area (TPSA) is 75.4 Å². The van der Waals surface area contributed by atoms with Gasteiger partial charge in [0.15, 0.2) is 11.5 Å². The van der Waals surface area contributed by atoms with Gasteiger partial charge in [0, 0.05) is 13.5 Å². The fraction of sp³-hybridized carbons (Fsp3) is 0.333. The number of amides is 1. The summed E-state index contributed by atoms with van der Waals surface area (Å²) >= 11 is 0. The lowest BCUT2D eigenvalue weighted by Gasteiger charge is -2.02. The average molecular weight is 234 g/mol. The van der Waals surface area contributed by atoms with E-state index in [4.69, 9.17) is 9.52 Å². The first kappa shape index (κ1) is 11.6. The Morgan fingerprint density at radius 1 is 1.53 bits per heavy atom. The second-order valence-electron chi connectivity index (χ2n) is 3.79. The van der Waals surface area contributed by atoms with Crippen LogP contribution in [0, 0.1) is 6.92 Å². The van der Waals surface area contributed by atoms with E-state index in [1.807, 2.05) is 18.2 Å². The summed E-state index contributed by atoms with van der Waals surface area (Å²) in [5.74, 6) is 0.285. The number of benzene rings is 1. The first-order valence-electron chi connectivity index (χ1n) is 5.42. The molecule has 0 aliphatic heterocycles. The molecule has 0 aliphatic carbocycles. The third-order valence-electron chi connectivity index (χ3n) is 2.44. The molecule has 1 amide bonds. The maximum Gasteiger partial charge on any atom is 0.245 e. The predicted octanol–water partition coefficient (Wildman–Crippen LogP) is 0.787. The van der Waals surface area contributed by atoms with Gasteiger partial charge in [-0.1, -0.05) is 6.07 Å². The van der Waals surface area contributed by atoms with Gasteiger partial charge in [-0.2, -0.15) is 0 Å². The first-order valence-corrected chi connectivity index (χ1v) is 5.42. The van der Waals surface area contributed by atoms with E-state index >= 15 is 0 Å². The summed E-state index contributed by atoms with van der Waals surface area (Å²) in [7, 11) is 0. The van der Waals surface area contributed by atoms with Gasteiger partial charge < -0.3 is 14.8 Å². The Labute approximate surface area is 98.5 Å². The number of aliphatic hydroxyl groups is 1. The van der Waals surface area contributed by atoms with E-state index in [0.29, 0.717) is 18.9 Å². The van der Waals surface area contributed by atoms with Crippen LogP contribution in [-0.4, -0.2) is 29.1 Å². The molecule has 5 nitrogen and oxygen atoms in total. The molecular weight excluding hydrogens is 220 g/mol. The van der Waals surface area contributed by atoms with Crippen LogP contribution in [-0.2, 0) is 11.2 Å². The zero-order valence-corrected chi connectivity index (χ0v) is 9.56. The number of oxazole rings is 1. The Balaban J connectivity index is 2.01. The van der Waals surface area contributed by atoms with Gasteiger partial charge in [0.25, 0.3) is 0 Å². The third kappa shape index (κ3) is 2.82. The summed E-state index contributed by atoms with van der Waals surface area (Å²) in [5.41, 5.74) is 2.66. The Kier molecular flexibility index (Phi) is 3.39. The minimum Gasteiger partial charge on any atom is -0.441 e. The van der Waals surface area contributed by atoms with E-state index in [2.05, 4.69) is 10.3 Å². The Bertz CT molecular complexity index is 534. The molecule has 0 saturated heterocycles. The zero-order valence-electron chi connectivity index (χ0n) is 9.56. The molecule has 1 aromatic heterocycles. The minimum atomic E-state index is -0.472. The predicted molar refractivity (Wildman–Crippen MR) is 62.5 cm³/mol. The second kappa shape index (κ2) is 4.97.